The fraction of sp³-hybridized carbons (Fsp3) is 0.826. The van der Waals surface area contributed by atoms with Crippen molar-refractivity contribution in [1.29, 1.82) is 0 Å². The van der Waals surface area contributed by atoms with Crippen LogP contribution in [0.25, 0.3) is 0 Å². The number of esters is 1. The zero-order valence-electron chi connectivity index (χ0n) is 33.5. The number of allylic oxidation sites excluding steroid dienone is 6. The number of carboxylic acid groups (broad SMARTS) is 1. The van der Waals surface area contributed by atoms with Crippen LogP contribution in [0.1, 0.15) is 239 Å². The summed E-state index contributed by atoms with van der Waals surface area (Å²) >= 11 is 0. The molecule has 0 spiro atoms. The number of carbonyl (C=O) groups is 2. The van der Waals surface area contributed by atoms with Crippen molar-refractivity contribution in [2.24, 2.45) is 0 Å². The smallest absolute Gasteiger partial charge is 0.306 e. The molecule has 0 saturated heterocycles. The van der Waals surface area contributed by atoms with Crippen molar-refractivity contribution in [2.75, 3.05) is 0 Å². The minimum atomic E-state index is -0.664. The van der Waals surface area contributed by atoms with Gasteiger partial charge in [0.05, 0.1) is 0 Å². The van der Waals surface area contributed by atoms with Crippen LogP contribution in [0.2, 0.25) is 0 Å². The fourth-order valence-corrected chi connectivity index (χ4v) is 6.67. The molecule has 0 saturated carbocycles. The van der Waals surface area contributed by atoms with E-state index in [0.29, 0.717) is 12.8 Å². The Bertz CT molecular complexity index is 798. The number of aliphatic carboxylic acids is 1. The van der Waals surface area contributed by atoms with Crippen molar-refractivity contribution in [3.8, 4) is 0 Å². The lowest BCUT2D eigenvalue weighted by Crippen LogP contribution is -2.18. The van der Waals surface area contributed by atoms with Crippen LogP contribution >= 0.6 is 0 Å². The van der Waals surface area contributed by atoms with Gasteiger partial charge in [-0.1, -0.05) is 192 Å². The molecule has 4 nitrogen and oxygen atoms in total. The van der Waals surface area contributed by atoms with Gasteiger partial charge in [-0.3, -0.25) is 9.59 Å². The first-order chi connectivity index (χ1) is 24.6. The summed E-state index contributed by atoms with van der Waals surface area (Å²) in [4.78, 5) is 23.1. The van der Waals surface area contributed by atoms with E-state index in [1.54, 1.807) is 0 Å². The van der Waals surface area contributed by atoms with Gasteiger partial charge in [0.2, 0.25) is 0 Å². The summed E-state index contributed by atoms with van der Waals surface area (Å²) in [5.41, 5.74) is 0. The molecule has 0 aliphatic rings. The molecule has 1 N–H and O–H groups in total. The maximum Gasteiger partial charge on any atom is 0.306 e. The molecule has 0 aliphatic carbocycles. The van der Waals surface area contributed by atoms with Crippen LogP contribution in [0.4, 0.5) is 0 Å². The molecular weight excluding hydrogens is 617 g/mol. The summed E-state index contributed by atoms with van der Waals surface area (Å²) in [5, 5.41) is 8.68. The third kappa shape index (κ3) is 40.6. The summed E-state index contributed by atoms with van der Waals surface area (Å²) in [6.07, 6.45) is 55.1. The van der Waals surface area contributed by atoms with E-state index >= 15 is 0 Å². The number of carbonyl (C=O) groups excluding carboxylic acids is 1. The van der Waals surface area contributed by atoms with Gasteiger partial charge in [0.1, 0.15) is 6.10 Å². The lowest BCUT2D eigenvalue weighted by Gasteiger charge is -2.18. The summed E-state index contributed by atoms with van der Waals surface area (Å²) in [7, 11) is 0. The number of rotatable bonds is 40. The Morgan fingerprint density at radius 1 is 0.460 bits per heavy atom. The predicted octanol–water partition coefficient (Wildman–Crippen LogP) is 15.3. The normalized spacial score (nSPS) is 12.5. The lowest BCUT2D eigenvalue weighted by atomic mass is 10.0. The third-order valence-electron chi connectivity index (χ3n) is 9.88. The fourth-order valence-electron chi connectivity index (χ4n) is 6.67. The van der Waals surface area contributed by atoms with Gasteiger partial charge in [0.15, 0.2) is 0 Å². The molecule has 0 rings (SSSR count). The molecular formula is C46H84O4. The van der Waals surface area contributed by atoms with Crippen molar-refractivity contribution in [2.45, 2.75) is 245 Å². The van der Waals surface area contributed by atoms with Gasteiger partial charge >= 0.3 is 11.9 Å². The molecule has 0 fully saturated rings. The zero-order valence-corrected chi connectivity index (χ0v) is 33.5. The van der Waals surface area contributed by atoms with Crippen LogP contribution in [0.15, 0.2) is 36.5 Å². The molecule has 1 unspecified atom stereocenters. The summed E-state index contributed by atoms with van der Waals surface area (Å²) < 4.78 is 6.00. The Kier molecular flexibility index (Phi) is 40.0. The molecule has 1 atom stereocenters. The molecule has 0 heterocycles. The first-order valence-electron chi connectivity index (χ1n) is 22.0. The van der Waals surface area contributed by atoms with Crippen molar-refractivity contribution < 1.29 is 19.4 Å². The van der Waals surface area contributed by atoms with Crippen LogP contribution in [-0.4, -0.2) is 23.1 Å². The van der Waals surface area contributed by atoms with Gasteiger partial charge in [0, 0.05) is 12.8 Å². The van der Waals surface area contributed by atoms with Gasteiger partial charge in [0.25, 0.3) is 0 Å². The van der Waals surface area contributed by atoms with E-state index in [1.165, 1.54) is 154 Å². The Labute approximate surface area is 311 Å². The lowest BCUT2D eigenvalue weighted by molar-refractivity contribution is -0.150. The molecule has 50 heavy (non-hydrogen) atoms. The van der Waals surface area contributed by atoms with E-state index in [4.69, 9.17) is 9.84 Å². The second-order valence-electron chi connectivity index (χ2n) is 14.9. The van der Waals surface area contributed by atoms with Gasteiger partial charge in [-0.05, 0) is 70.6 Å². The highest BCUT2D eigenvalue weighted by atomic mass is 16.5. The Morgan fingerprint density at radius 2 is 0.840 bits per heavy atom. The number of ether oxygens (including phenoxy) is 1. The minimum Gasteiger partial charge on any atom is -0.481 e. The zero-order chi connectivity index (χ0) is 36.4. The molecule has 0 aliphatic heterocycles. The SMILES string of the molecule is CC/C=C\C/C=C\C/C=C\CCCCCCCCCCCC(=O)OC(CCCCC)CCCCCCCCCCCCCCCCCC(=O)O. The standard InChI is InChI=1S/C46H84O4/c1-3-5-7-8-9-10-11-12-13-14-15-16-20-23-26-29-32-35-39-43-46(49)50-44(40-36-6-4-2)41-37-33-30-27-24-21-18-17-19-22-25-28-31-34-38-42-45(47)48/h5,7,9-10,12-13,44H,3-4,6,8,11,14-43H2,1-2H3,(H,47,48)/b7-5-,10-9-,13-12-. The first-order valence-corrected chi connectivity index (χ1v) is 22.0. The highest BCUT2D eigenvalue weighted by molar-refractivity contribution is 5.69. The maximum absolute atomic E-state index is 12.6. The largest absolute Gasteiger partial charge is 0.481 e. The van der Waals surface area contributed by atoms with Gasteiger partial charge in [-0.25, -0.2) is 0 Å². The Balaban J connectivity index is 3.68. The van der Waals surface area contributed by atoms with Crippen LogP contribution in [0, 0.1) is 0 Å². The summed E-state index contributed by atoms with van der Waals surface area (Å²) in [5.74, 6) is -0.626. The number of unbranched alkanes of at least 4 members (excludes halogenated alkanes) is 25. The van der Waals surface area contributed by atoms with E-state index in [1.807, 2.05) is 0 Å². The van der Waals surface area contributed by atoms with Gasteiger partial charge in [-0.2, -0.15) is 0 Å². The van der Waals surface area contributed by atoms with Crippen LogP contribution < -0.4 is 0 Å². The van der Waals surface area contributed by atoms with E-state index in [2.05, 4.69) is 50.3 Å². The number of hydrogen-bond acceptors (Lipinski definition) is 3. The van der Waals surface area contributed by atoms with E-state index < -0.39 is 5.97 Å². The molecule has 0 aromatic heterocycles. The molecule has 0 aromatic carbocycles. The van der Waals surface area contributed by atoms with E-state index in [0.717, 1.165) is 57.8 Å². The second kappa shape index (κ2) is 41.6. The monoisotopic (exact) mass is 701 g/mol. The van der Waals surface area contributed by atoms with Crippen LogP contribution in [0.3, 0.4) is 0 Å². The van der Waals surface area contributed by atoms with E-state index in [9.17, 15) is 9.59 Å². The number of carboxylic acids is 1. The molecule has 0 radical (unpaired) electrons. The van der Waals surface area contributed by atoms with Gasteiger partial charge < -0.3 is 9.84 Å². The Morgan fingerprint density at radius 3 is 1.30 bits per heavy atom. The highest BCUT2D eigenvalue weighted by Gasteiger charge is 2.14. The van der Waals surface area contributed by atoms with Gasteiger partial charge in [-0.15, -0.1) is 0 Å². The number of hydrogen-bond donors (Lipinski definition) is 1. The summed E-state index contributed by atoms with van der Waals surface area (Å²) in [6.45, 7) is 4.41. The third-order valence-corrected chi connectivity index (χ3v) is 9.88. The summed E-state index contributed by atoms with van der Waals surface area (Å²) in [6, 6.07) is 0. The topological polar surface area (TPSA) is 63.6 Å². The van der Waals surface area contributed by atoms with Crippen LogP contribution in [0.5, 0.6) is 0 Å². The van der Waals surface area contributed by atoms with Crippen LogP contribution in [-0.2, 0) is 14.3 Å². The first kappa shape index (κ1) is 48.2. The quantitative estimate of drug-likeness (QED) is 0.0393. The highest BCUT2D eigenvalue weighted by Crippen LogP contribution is 2.19. The Hall–Kier alpha value is -1.84. The van der Waals surface area contributed by atoms with Crippen molar-refractivity contribution >= 4 is 11.9 Å². The molecule has 4 heteroatoms. The van der Waals surface area contributed by atoms with E-state index in [-0.39, 0.29) is 12.1 Å². The molecule has 0 amide bonds. The molecule has 0 aromatic rings. The average molecular weight is 701 g/mol. The molecule has 0 bridgehead atoms. The maximum atomic E-state index is 12.6. The average Bonchev–Trinajstić information content (AvgIpc) is 3.10. The van der Waals surface area contributed by atoms with Crippen molar-refractivity contribution in [1.82, 2.24) is 0 Å². The predicted molar refractivity (Wildman–Crippen MR) is 218 cm³/mol. The molecule has 292 valence electrons. The second-order valence-corrected chi connectivity index (χ2v) is 14.9. The minimum absolute atomic E-state index is 0.0384. The van der Waals surface area contributed by atoms with Crippen molar-refractivity contribution in [3.05, 3.63) is 36.5 Å². The van der Waals surface area contributed by atoms with Crippen molar-refractivity contribution in [3.63, 3.8) is 0 Å².